The minimum Gasteiger partial charge on any atom is -0.337 e. The molecule has 3 nitrogen and oxygen atoms in total. The van der Waals surface area contributed by atoms with Gasteiger partial charge < -0.3 is 10.2 Å². The number of hydrogen-bond acceptors (Lipinski definition) is 2. The van der Waals surface area contributed by atoms with Gasteiger partial charge in [-0.15, -0.1) is 0 Å². The molecular formula is C16H22N2O. The van der Waals surface area contributed by atoms with Crippen LogP contribution < -0.4 is 5.32 Å². The van der Waals surface area contributed by atoms with Gasteiger partial charge in [-0.05, 0) is 31.2 Å². The van der Waals surface area contributed by atoms with Gasteiger partial charge in [-0.2, -0.15) is 0 Å². The number of nitrogens with zero attached hydrogens (tertiary/aromatic N) is 1. The highest BCUT2D eigenvalue weighted by atomic mass is 16.2. The summed E-state index contributed by atoms with van der Waals surface area (Å²) in [5, 5.41) is 3.55. The number of piperazine rings is 1. The van der Waals surface area contributed by atoms with Crippen LogP contribution in [0.25, 0.3) is 0 Å². The van der Waals surface area contributed by atoms with E-state index >= 15 is 0 Å². The van der Waals surface area contributed by atoms with E-state index < -0.39 is 0 Å². The molecule has 1 aromatic rings. The first-order chi connectivity index (χ1) is 9.34. The Kier molecular flexibility index (Phi) is 3.83. The summed E-state index contributed by atoms with van der Waals surface area (Å²) in [4.78, 5) is 14.5. The summed E-state index contributed by atoms with van der Waals surface area (Å²) in [6.45, 7) is 1.84. The van der Waals surface area contributed by atoms with Gasteiger partial charge in [-0.25, -0.2) is 0 Å². The number of benzene rings is 1. The van der Waals surface area contributed by atoms with Crippen molar-refractivity contribution >= 4 is 5.91 Å². The van der Waals surface area contributed by atoms with E-state index in [9.17, 15) is 4.79 Å². The number of fused-ring (bicyclic) bond motifs is 1. The molecule has 102 valence electrons. The average molecular weight is 258 g/mol. The lowest BCUT2D eigenvalue weighted by Gasteiger charge is -2.38. The molecule has 1 aromatic carbocycles. The molecule has 2 atom stereocenters. The van der Waals surface area contributed by atoms with Gasteiger partial charge in [-0.3, -0.25) is 4.79 Å². The molecule has 0 aromatic heterocycles. The number of carbonyl (C=O) groups excluding carboxylic acids is 1. The first-order valence-electron chi connectivity index (χ1n) is 7.41. The maximum Gasteiger partial charge on any atom is 0.223 e. The highest BCUT2D eigenvalue weighted by Gasteiger charge is 2.36. The van der Waals surface area contributed by atoms with Gasteiger partial charge in [-0.1, -0.05) is 30.3 Å². The molecular weight excluding hydrogens is 236 g/mol. The van der Waals surface area contributed by atoms with E-state index in [0.717, 1.165) is 19.5 Å². The fourth-order valence-electron chi connectivity index (χ4n) is 3.44. The quantitative estimate of drug-likeness (QED) is 0.899. The largest absolute Gasteiger partial charge is 0.337 e. The van der Waals surface area contributed by atoms with E-state index in [4.69, 9.17) is 0 Å². The van der Waals surface area contributed by atoms with Crippen LogP contribution in [-0.2, 0) is 11.2 Å². The van der Waals surface area contributed by atoms with Crippen LogP contribution in [0.3, 0.4) is 0 Å². The first kappa shape index (κ1) is 12.7. The van der Waals surface area contributed by atoms with Crippen molar-refractivity contribution in [3.8, 4) is 0 Å². The molecule has 2 fully saturated rings. The number of rotatable bonds is 3. The van der Waals surface area contributed by atoms with E-state index in [1.165, 1.54) is 24.8 Å². The second-order valence-electron chi connectivity index (χ2n) is 5.63. The van der Waals surface area contributed by atoms with Crippen molar-refractivity contribution in [1.82, 2.24) is 10.2 Å². The van der Waals surface area contributed by atoms with E-state index in [2.05, 4.69) is 22.3 Å². The van der Waals surface area contributed by atoms with Crippen molar-refractivity contribution in [3.63, 3.8) is 0 Å². The van der Waals surface area contributed by atoms with E-state index in [-0.39, 0.29) is 0 Å². The van der Waals surface area contributed by atoms with Crippen LogP contribution in [0.4, 0.5) is 0 Å². The molecule has 3 rings (SSSR count). The molecule has 3 heteroatoms. The molecule has 1 heterocycles. The molecule has 1 aliphatic heterocycles. The minimum atomic E-state index is 0.335. The number of carbonyl (C=O) groups is 1. The predicted octanol–water partition coefficient (Wildman–Crippen LogP) is 1.97. The Morgan fingerprint density at radius 3 is 2.95 bits per heavy atom. The molecule has 0 bridgehead atoms. The standard InChI is InChI=1S/C16H22N2O/c19-16(10-9-13-5-2-1-3-6-13)18-12-11-17-14-7-4-8-15(14)18/h1-3,5-6,14-15,17H,4,7-12H2. The zero-order valence-electron chi connectivity index (χ0n) is 11.3. The van der Waals surface area contributed by atoms with E-state index in [1.807, 2.05) is 18.2 Å². The molecule has 0 spiro atoms. The highest BCUT2D eigenvalue weighted by molar-refractivity contribution is 5.77. The molecule has 2 unspecified atom stereocenters. The Bertz CT molecular complexity index is 432. The maximum absolute atomic E-state index is 12.4. The van der Waals surface area contributed by atoms with Gasteiger partial charge in [0, 0.05) is 31.6 Å². The lowest BCUT2D eigenvalue weighted by molar-refractivity contribution is -0.134. The Morgan fingerprint density at radius 1 is 1.26 bits per heavy atom. The second kappa shape index (κ2) is 5.74. The van der Waals surface area contributed by atoms with Gasteiger partial charge in [0.15, 0.2) is 0 Å². The summed E-state index contributed by atoms with van der Waals surface area (Å²) in [5.74, 6) is 0.335. The highest BCUT2D eigenvalue weighted by Crippen LogP contribution is 2.27. The monoisotopic (exact) mass is 258 g/mol. The molecule has 1 N–H and O–H groups in total. The number of aryl methyl sites for hydroxylation is 1. The van der Waals surface area contributed by atoms with Crippen molar-refractivity contribution in [2.75, 3.05) is 13.1 Å². The topological polar surface area (TPSA) is 32.3 Å². The Balaban J connectivity index is 1.57. The van der Waals surface area contributed by atoms with Crippen molar-refractivity contribution in [2.45, 2.75) is 44.2 Å². The predicted molar refractivity (Wildman–Crippen MR) is 75.9 cm³/mol. The molecule has 0 radical (unpaired) electrons. The van der Waals surface area contributed by atoms with Gasteiger partial charge >= 0.3 is 0 Å². The van der Waals surface area contributed by atoms with Crippen LogP contribution in [0.2, 0.25) is 0 Å². The molecule has 2 aliphatic rings. The van der Waals surface area contributed by atoms with Crippen molar-refractivity contribution < 1.29 is 4.79 Å². The number of amides is 1. The fourth-order valence-corrected chi connectivity index (χ4v) is 3.44. The van der Waals surface area contributed by atoms with Crippen LogP contribution in [0, 0.1) is 0 Å². The van der Waals surface area contributed by atoms with E-state index in [1.54, 1.807) is 0 Å². The van der Waals surface area contributed by atoms with Crippen molar-refractivity contribution in [3.05, 3.63) is 35.9 Å². The first-order valence-corrected chi connectivity index (χ1v) is 7.41. The van der Waals surface area contributed by atoms with Crippen molar-refractivity contribution in [1.29, 1.82) is 0 Å². The molecule has 1 amide bonds. The average Bonchev–Trinajstić information content (AvgIpc) is 2.94. The Hall–Kier alpha value is -1.35. The van der Waals surface area contributed by atoms with E-state index in [0.29, 0.717) is 24.4 Å². The van der Waals surface area contributed by atoms with Gasteiger partial charge in [0.2, 0.25) is 5.91 Å². The Morgan fingerprint density at radius 2 is 2.11 bits per heavy atom. The maximum atomic E-state index is 12.4. The summed E-state index contributed by atoms with van der Waals surface area (Å²) < 4.78 is 0. The third-order valence-electron chi connectivity index (χ3n) is 4.43. The van der Waals surface area contributed by atoms with Crippen LogP contribution >= 0.6 is 0 Å². The molecule has 1 saturated heterocycles. The van der Waals surface area contributed by atoms with Crippen molar-refractivity contribution in [2.24, 2.45) is 0 Å². The molecule has 19 heavy (non-hydrogen) atoms. The fraction of sp³-hybridized carbons (Fsp3) is 0.562. The summed E-state index contributed by atoms with van der Waals surface area (Å²) in [6, 6.07) is 11.3. The van der Waals surface area contributed by atoms with Crippen LogP contribution in [0.1, 0.15) is 31.2 Å². The smallest absolute Gasteiger partial charge is 0.223 e. The van der Waals surface area contributed by atoms with Gasteiger partial charge in [0.25, 0.3) is 0 Å². The molecule has 1 saturated carbocycles. The zero-order chi connectivity index (χ0) is 13.1. The number of nitrogens with one attached hydrogen (secondary N) is 1. The lowest BCUT2D eigenvalue weighted by atomic mass is 10.0. The van der Waals surface area contributed by atoms with Crippen LogP contribution in [-0.4, -0.2) is 36.0 Å². The summed E-state index contributed by atoms with van der Waals surface area (Å²) in [6.07, 6.45) is 5.17. The third kappa shape index (κ3) is 2.81. The SMILES string of the molecule is O=C(CCc1ccccc1)N1CCNC2CCCC21. The Labute approximate surface area is 115 Å². The van der Waals surface area contributed by atoms with Gasteiger partial charge in [0.1, 0.15) is 0 Å². The molecule has 1 aliphatic carbocycles. The normalized spacial score (nSPS) is 26.2. The van der Waals surface area contributed by atoms with Crippen LogP contribution in [0.5, 0.6) is 0 Å². The minimum absolute atomic E-state index is 0.335. The zero-order valence-corrected chi connectivity index (χ0v) is 11.3. The summed E-state index contributed by atoms with van der Waals surface area (Å²) in [7, 11) is 0. The third-order valence-corrected chi connectivity index (χ3v) is 4.43. The van der Waals surface area contributed by atoms with Crippen LogP contribution in [0.15, 0.2) is 30.3 Å². The summed E-state index contributed by atoms with van der Waals surface area (Å²) in [5.41, 5.74) is 1.26. The second-order valence-corrected chi connectivity index (χ2v) is 5.63. The summed E-state index contributed by atoms with van der Waals surface area (Å²) >= 11 is 0. The number of hydrogen-bond donors (Lipinski definition) is 1. The lowest BCUT2D eigenvalue weighted by Crippen LogP contribution is -2.57. The van der Waals surface area contributed by atoms with Gasteiger partial charge in [0.05, 0.1) is 0 Å².